The van der Waals surface area contributed by atoms with Crippen molar-refractivity contribution in [2.75, 3.05) is 18.0 Å². The first kappa shape index (κ1) is 15.6. The van der Waals surface area contributed by atoms with E-state index in [-0.39, 0.29) is 17.2 Å². The van der Waals surface area contributed by atoms with Gasteiger partial charge in [-0.2, -0.15) is 13.2 Å². The second-order valence-corrected chi connectivity index (χ2v) is 5.32. The van der Waals surface area contributed by atoms with Gasteiger partial charge >= 0.3 is 6.18 Å². The number of hydrogen-bond donors (Lipinski definition) is 2. The minimum Gasteiger partial charge on any atom is -0.384 e. The number of nitrogens with zero attached hydrogens (tertiary/aromatic N) is 2. The summed E-state index contributed by atoms with van der Waals surface area (Å²) in [6.45, 7) is 3.41. The number of alkyl halides is 3. The van der Waals surface area contributed by atoms with Gasteiger partial charge in [-0.15, -0.1) is 0 Å². The normalized spacial score (nSPS) is 17.0. The van der Waals surface area contributed by atoms with Crippen LogP contribution in [0.4, 0.5) is 19.0 Å². The summed E-state index contributed by atoms with van der Waals surface area (Å²) in [6, 6.07) is 2.11. The van der Waals surface area contributed by atoms with Crippen LogP contribution in [0.15, 0.2) is 12.1 Å². The van der Waals surface area contributed by atoms with Crippen LogP contribution in [0, 0.1) is 11.3 Å². The Hall–Kier alpha value is -1.79. The molecule has 1 aromatic heterocycles. The van der Waals surface area contributed by atoms with E-state index < -0.39 is 11.9 Å². The Bertz CT molecular complexity index is 519. The molecule has 0 amide bonds. The van der Waals surface area contributed by atoms with E-state index in [1.807, 2.05) is 0 Å². The topological polar surface area (TPSA) is 66.0 Å². The molecule has 1 saturated heterocycles. The smallest absolute Gasteiger partial charge is 0.384 e. The molecule has 0 atom stereocenters. The molecule has 1 aromatic rings. The Kier molecular flexibility index (Phi) is 4.39. The minimum atomic E-state index is -4.49. The Morgan fingerprint density at radius 3 is 2.48 bits per heavy atom. The second kappa shape index (κ2) is 5.91. The van der Waals surface area contributed by atoms with Crippen molar-refractivity contribution in [3.05, 3.63) is 23.4 Å². The van der Waals surface area contributed by atoms with Crippen LogP contribution >= 0.6 is 0 Å². The van der Waals surface area contributed by atoms with Gasteiger partial charge in [-0.3, -0.25) is 5.41 Å². The molecule has 2 rings (SSSR count). The molecule has 116 valence electrons. The zero-order valence-electron chi connectivity index (χ0n) is 11.9. The molecule has 1 aliphatic heterocycles. The van der Waals surface area contributed by atoms with Gasteiger partial charge < -0.3 is 10.6 Å². The number of aromatic nitrogens is 1. The average molecular weight is 300 g/mol. The highest BCUT2D eigenvalue weighted by Crippen LogP contribution is 2.32. The van der Waals surface area contributed by atoms with Crippen molar-refractivity contribution in [2.45, 2.75) is 32.4 Å². The predicted octanol–water partition coefficient (Wildman–Crippen LogP) is 3.01. The summed E-state index contributed by atoms with van der Waals surface area (Å²) < 4.78 is 38.5. The number of nitrogens with two attached hydrogens (primary N) is 1. The maximum absolute atomic E-state index is 12.8. The van der Waals surface area contributed by atoms with Crippen molar-refractivity contribution in [1.29, 1.82) is 5.41 Å². The molecule has 4 nitrogen and oxygen atoms in total. The summed E-state index contributed by atoms with van der Waals surface area (Å²) >= 11 is 0. The van der Waals surface area contributed by atoms with Crippen molar-refractivity contribution in [2.24, 2.45) is 11.7 Å². The zero-order valence-corrected chi connectivity index (χ0v) is 11.9. The molecule has 0 saturated carbocycles. The number of amidine groups is 1. The number of hydrogen-bond acceptors (Lipinski definition) is 3. The van der Waals surface area contributed by atoms with Crippen molar-refractivity contribution >= 4 is 11.7 Å². The van der Waals surface area contributed by atoms with E-state index in [0.29, 0.717) is 19.0 Å². The molecule has 0 spiro atoms. The van der Waals surface area contributed by atoms with Crippen molar-refractivity contribution in [3.8, 4) is 0 Å². The fourth-order valence-electron chi connectivity index (χ4n) is 2.61. The summed E-state index contributed by atoms with van der Waals surface area (Å²) in [5.74, 6) is 0.517. The van der Waals surface area contributed by atoms with E-state index in [9.17, 15) is 13.2 Å². The Balaban J connectivity index is 2.33. The highest BCUT2D eigenvalue weighted by atomic mass is 19.4. The Morgan fingerprint density at radius 1 is 1.38 bits per heavy atom. The molecule has 0 bridgehead atoms. The highest BCUT2D eigenvalue weighted by molar-refractivity contribution is 5.99. The molecule has 3 N–H and O–H groups in total. The maximum Gasteiger partial charge on any atom is 0.433 e. The van der Waals surface area contributed by atoms with Gasteiger partial charge in [0, 0.05) is 13.1 Å². The first-order valence-corrected chi connectivity index (χ1v) is 7.00. The van der Waals surface area contributed by atoms with Gasteiger partial charge in [-0.1, -0.05) is 13.3 Å². The molecule has 1 aliphatic rings. The molecule has 21 heavy (non-hydrogen) atoms. The summed E-state index contributed by atoms with van der Waals surface area (Å²) in [5.41, 5.74) is 4.79. The lowest BCUT2D eigenvalue weighted by molar-refractivity contribution is -0.141. The molecule has 2 heterocycles. The predicted molar refractivity (Wildman–Crippen MR) is 75.5 cm³/mol. The first-order chi connectivity index (χ1) is 9.82. The van der Waals surface area contributed by atoms with E-state index in [1.165, 1.54) is 6.07 Å². The van der Waals surface area contributed by atoms with Gasteiger partial charge in [-0.05, 0) is 30.9 Å². The molecule has 7 heteroatoms. The summed E-state index contributed by atoms with van der Waals surface area (Å²) in [7, 11) is 0. The summed E-state index contributed by atoms with van der Waals surface area (Å²) in [4.78, 5) is 5.52. The monoisotopic (exact) mass is 300 g/mol. The lowest BCUT2D eigenvalue weighted by Gasteiger charge is -2.33. The van der Waals surface area contributed by atoms with Crippen LogP contribution in [-0.2, 0) is 6.18 Å². The maximum atomic E-state index is 12.8. The largest absolute Gasteiger partial charge is 0.433 e. The van der Waals surface area contributed by atoms with Crippen LogP contribution in [0.3, 0.4) is 0 Å². The fourth-order valence-corrected chi connectivity index (χ4v) is 2.61. The van der Waals surface area contributed by atoms with Gasteiger partial charge in [-0.25, -0.2) is 4.98 Å². The molecular weight excluding hydrogens is 281 g/mol. The second-order valence-electron chi connectivity index (χ2n) is 5.32. The van der Waals surface area contributed by atoms with E-state index in [0.717, 1.165) is 25.3 Å². The zero-order chi connectivity index (χ0) is 15.6. The number of halogens is 3. The van der Waals surface area contributed by atoms with Crippen LogP contribution in [-0.4, -0.2) is 23.9 Å². The van der Waals surface area contributed by atoms with Crippen molar-refractivity contribution in [3.63, 3.8) is 0 Å². The van der Waals surface area contributed by atoms with Crippen LogP contribution in [0.1, 0.15) is 37.4 Å². The SMILES string of the molecule is CCC1CCN(c2nc(C(F)(F)F)ccc2C(=N)N)CC1. The summed E-state index contributed by atoms with van der Waals surface area (Å²) in [5, 5.41) is 7.53. The quantitative estimate of drug-likeness (QED) is 0.666. The van der Waals surface area contributed by atoms with Gasteiger partial charge in [0.15, 0.2) is 0 Å². The molecule has 0 aromatic carbocycles. The summed E-state index contributed by atoms with van der Waals surface area (Å²) in [6.07, 6.45) is -1.58. The van der Waals surface area contributed by atoms with Crippen LogP contribution in [0.25, 0.3) is 0 Å². The van der Waals surface area contributed by atoms with Crippen LogP contribution in [0.2, 0.25) is 0 Å². The van der Waals surface area contributed by atoms with Crippen molar-refractivity contribution in [1.82, 2.24) is 4.98 Å². The molecule has 0 aliphatic carbocycles. The average Bonchev–Trinajstić information content (AvgIpc) is 2.45. The van der Waals surface area contributed by atoms with E-state index in [4.69, 9.17) is 11.1 Å². The number of pyridine rings is 1. The fraction of sp³-hybridized carbons (Fsp3) is 0.571. The van der Waals surface area contributed by atoms with Gasteiger partial charge in [0.1, 0.15) is 17.3 Å². The lowest BCUT2D eigenvalue weighted by Crippen LogP contribution is -2.36. The van der Waals surface area contributed by atoms with E-state index in [1.54, 1.807) is 4.90 Å². The van der Waals surface area contributed by atoms with Gasteiger partial charge in [0.2, 0.25) is 0 Å². The third-order valence-corrected chi connectivity index (χ3v) is 3.95. The molecule has 0 unspecified atom stereocenters. The highest BCUT2D eigenvalue weighted by Gasteiger charge is 2.34. The lowest BCUT2D eigenvalue weighted by atomic mass is 9.94. The number of piperidine rings is 1. The molecule has 1 fully saturated rings. The first-order valence-electron chi connectivity index (χ1n) is 7.00. The minimum absolute atomic E-state index is 0.173. The number of nitrogens with one attached hydrogen (secondary N) is 1. The number of rotatable bonds is 3. The molecule has 0 radical (unpaired) electrons. The van der Waals surface area contributed by atoms with Crippen LogP contribution < -0.4 is 10.6 Å². The third-order valence-electron chi connectivity index (χ3n) is 3.95. The Morgan fingerprint density at radius 2 is 2.00 bits per heavy atom. The van der Waals surface area contributed by atoms with E-state index in [2.05, 4.69) is 11.9 Å². The van der Waals surface area contributed by atoms with E-state index >= 15 is 0 Å². The van der Waals surface area contributed by atoms with Crippen LogP contribution in [0.5, 0.6) is 0 Å². The third kappa shape index (κ3) is 3.46. The standard InChI is InChI=1S/C14H19F3N4/c1-2-9-5-7-21(8-6-9)13-10(12(18)19)3-4-11(20-13)14(15,16)17/h3-4,9H,2,5-8H2,1H3,(H3,18,19). The van der Waals surface area contributed by atoms with Crippen molar-refractivity contribution < 1.29 is 13.2 Å². The number of nitrogen functional groups attached to an aromatic ring is 1. The number of anilines is 1. The van der Waals surface area contributed by atoms with Gasteiger partial charge in [0.05, 0.1) is 5.56 Å². The Labute approximate surface area is 121 Å². The molecular formula is C14H19F3N4. The van der Waals surface area contributed by atoms with Gasteiger partial charge in [0.25, 0.3) is 0 Å².